The molecular formula is C8H8N2O2S. The zero-order valence-electron chi connectivity index (χ0n) is 6.77. The van der Waals surface area contributed by atoms with Gasteiger partial charge in [0.1, 0.15) is 12.4 Å². The minimum absolute atomic E-state index is 0.279. The van der Waals surface area contributed by atoms with Crippen molar-refractivity contribution in [3.05, 3.63) is 30.3 Å². The van der Waals surface area contributed by atoms with E-state index in [9.17, 15) is 4.21 Å². The van der Waals surface area contributed by atoms with Gasteiger partial charge in [-0.1, -0.05) is 18.2 Å². The molecule has 68 valence electrons. The molecule has 2 rings (SSSR count). The third kappa shape index (κ3) is 2.13. The van der Waals surface area contributed by atoms with E-state index in [4.69, 9.17) is 4.18 Å². The van der Waals surface area contributed by atoms with Gasteiger partial charge in [0.25, 0.3) is 11.3 Å². The number of amidine groups is 1. The molecular weight excluding hydrogens is 188 g/mol. The third-order valence-electron chi connectivity index (χ3n) is 1.54. The molecule has 1 atom stereocenters. The van der Waals surface area contributed by atoms with Gasteiger partial charge in [0, 0.05) is 5.69 Å². The largest absolute Gasteiger partial charge is 0.341 e. The Hall–Kier alpha value is -1.20. The SMILES string of the molecule is O=S1N=C(Nc2ccccc2)CO1. The lowest BCUT2D eigenvalue weighted by molar-refractivity contribution is 0.421. The highest BCUT2D eigenvalue weighted by Crippen LogP contribution is 2.08. The highest BCUT2D eigenvalue weighted by molar-refractivity contribution is 7.79. The van der Waals surface area contributed by atoms with Gasteiger partial charge in [-0.2, -0.15) is 0 Å². The first-order valence-electron chi connectivity index (χ1n) is 3.79. The molecule has 13 heavy (non-hydrogen) atoms. The highest BCUT2D eigenvalue weighted by Gasteiger charge is 2.12. The van der Waals surface area contributed by atoms with Gasteiger partial charge in [-0.15, -0.1) is 4.40 Å². The van der Waals surface area contributed by atoms with E-state index < -0.39 is 11.3 Å². The van der Waals surface area contributed by atoms with Crippen molar-refractivity contribution in [2.24, 2.45) is 4.40 Å². The predicted molar refractivity (Wildman–Crippen MR) is 51.6 cm³/mol. The van der Waals surface area contributed by atoms with Crippen LogP contribution in [0.3, 0.4) is 0 Å². The molecule has 0 saturated heterocycles. The van der Waals surface area contributed by atoms with E-state index in [0.29, 0.717) is 5.84 Å². The van der Waals surface area contributed by atoms with E-state index in [0.717, 1.165) is 5.69 Å². The van der Waals surface area contributed by atoms with Gasteiger partial charge in [0.2, 0.25) is 0 Å². The summed E-state index contributed by atoms with van der Waals surface area (Å²) in [5.41, 5.74) is 0.920. The minimum atomic E-state index is -1.50. The second-order valence-corrected chi connectivity index (χ2v) is 3.36. The van der Waals surface area contributed by atoms with Crippen molar-refractivity contribution in [1.29, 1.82) is 0 Å². The van der Waals surface area contributed by atoms with E-state index in [1.165, 1.54) is 0 Å². The average molecular weight is 196 g/mol. The van der Waals surface area contributed by atoms with E-state index in [-0.39, 0.29) is 6.61 Å². The molecule has 0 radical (unpaired) electrons. The Kier molecular flexibility index (Phi) is 2.37. The van der Waals surface area contributed by atoms with Gasteiger partial charge in [-0.25, -0.2) is 4.21 Å². The van der Waals surface area contributed by atoms with E-state index in [2.05, 4.69) is 9.71 Å². The molecule has 1 aliphatic heterocycles. The monoisotopic (exact) mass is 196 g/mol. The predicted octanol–water partition coefficient (Wildman–Crippen LogP) is 1.11. The van der Waals surface area contributed by atoms with Crippen molar-refractivity contribution < 1.29 is 8.39 Å². The van der Waals surface area contributed by atoms with Gasteiger partial charge < -0.3 is 5.32 Å². The molecule has 4 nitrogen and oxygen atoms in total. The van der Waals surface area contributed by atoms with Gasteiger partial charge in [-0.3, -0.25) is 4.18 Å². The second kappa shape index (κ2) is 3.68. The molecule has 1 N–H and O–H groups in total. The first-order chi connectivity index (χ1) is 6.34. The summed E-state index contributed by atoms with van der Waals surface area (Å²) < 4.78 is 19.2. The molecule has 0 aromatic heterocycles. The molecule has 1 aromatic carbocycles. The summed E-state index contributed by atoms with van der Waals surface area (Å²) in [6, 6.07) is 9.56. The summed E-state index contributed by atoms with van der Waals surface area (Å²) >= 11 is -1.50. The van der Waals surface area contributed by atoms with Crippen LogP contribution in [0.5, 0.6) is 0 Å². The lowest BCUT2D eigenvalue weighted by atomic mass is 10.3. The van der Waals surface area contributed by atoms with Crippen molar-refractivity contribution in [1.82, 2.24) is 0 Å². The Bertz CT molecular complexity index is 350. The quantitative estimate of drug-likeness (QED) is 0.732. The Labute approximate surface area is 78.4 Å². The molecule has 0 aliphatic carbocycles. The summed E-state index contributed by atoms with van der Waals surface area (Å²) in [7, 11) is 0. The second-order valence-electron chi connectivity index (χ2n) is 2.51. The van der Waals surface area contributed by atoms with Crippen LogP contribution in [-0.4, -0.2) is 16.7 Å². The normalized spacial score (nSPS) is 21.2. The summed E-state index contributed by atoms with van der Waals surface area (Å²) in [5, 5.41) is 3.00. The molecule has 0 amide bonds. The van der Waals surface area contributed by atoms with E-state index in [1.807, 2.05) is 30.3 Å². The molecule has 5 heteroatoms. The third-order valence-corrected chi connectivity index (χ3v) is 2.23. The number of benzene rings is 1. The van der Waals surface area contributed by atoms with Crippen LogP contribution in [0, 0.1) is 0 Å². The maximum Gasteiger partial charge on any atom is 0.286 e. The molecule has 0 spiro atoms. The van der Waals surface area contributed by atoms with Crippen LogP contribution < -0.4 is 5.32 Å². The van der Waals surface area contributed by atoms with Gasteiger partial charge in [0.15, 0.2) is 0 Å². The molecule has 1 heterocycles. The summed E-state index contributed by atoms with van der Waals surface area (Å²) in [6.07, 6.45) is 0. The number of hydrogen-bond acceptors (Lipinski definition) is 3. The van der Waals surface area contributed by atoms with E-state index >= 15 is 0 Å². The number of nitrogens with zero attached hydrogens (tertiary/aromatic N) is 1. The maximum absolute atomic E-state index is 10.7. The summed E-state index contributed by atoms with van der Waals surface area (Å²) in [4.78, 5) is 0. The summed E-state index contributed by atoms with van der Waals surface area (Å²) in [5.74, 6) is 0.601. The van der Waals surface area contributed by atoms with Crippen LogP contribution in [0.4, 0.5) is 5.69 Å². The van der Waals surface area contributed by atoms with Gasteiger partial charge in [-0.05, 0) is 12.1 Å². The number of hydrogen-bond donors (Lipinski definition) is 1. The fourth-order valence-electron chi connectivity index (χ4n) is 0.996. The van der Waals surface area contributed by atoms with Gasteiger partial charge >= 0.3 is 0 Å². The van der Waals surface area contributed by atoms with Crippen LogP contribution in [0.1, 0.15) is 0 Å². The smallest absolute Gasteiger partial charge is 0.286 e. The van der Waals surface area contributed by atoms with Crippen LogP contribution in [-0.2, 0) is 15.4 Å². The molecule has 1 unspecified atom stereocenters. The van der Waals surface area contributed by atoms with Crippen LogP contribution in [0.25, 0.3) is 0 Å². The number of rotatable bonds is 1. The van der Waals surface area contributed by atoms with Crippen molar-refractivity contribution in [2.75, 3.05) is 11.9 Å². The molecule has 1 aromatic rings. The number of para-hydroxylation sites is 1. The molecule has 0 saturated carbocycles. The Morgan fingerprint density at radius 2 is 2.15 bits per heavy atom. The van der Waals surface area contributed by atoms with Crippen molar-refractivity contribution >= 4 is 22.8 Å². The fourth-order valence-corrected chi connectivity index (χ4v) is 1.54. The van der Waals surface area contributed by atoms with E-state index in [1.54, 1.807) is 0 Å². The first-order valence-corrected chi connectivity index (χ1v) is 4.82. The Morgan fingerprint density at radius 3 is 2.77 bits per heavy atom. The first kappa shape index (κ1) is 8.40. The molecule has 0 fully saturated rings. The van der Waals surface area contributed by atoms with Crippen molar-refractivity contribution in [3.63, 3.8) is 0 Å². The molecule has 0 bridgehead atoms. The fraction of sp³-hybridized carbons (Fsp3) is 0.125. The Balaban J connectivity index is 2.07. The lowest BCUT2D eigenvalue weighted by Crippen LogP contribution is -2.12. The molecule has 1 aliphatic rings. The standard InChI is InChI=1S/C8H8N2O2S/c11-13-10-8(6-12-13)9-7-4-2-1-3-5-7/h1-5H,6H2,(H,9,10). The number of anilines is 1. The Morgan fingerprint density at radius 1 is 1.38 bits per heavy atom. The van der Waals surface area contributed by atoms with Gasteiger partial charge in [0.05, 0.1) is 0 Å². The minimum Gasteiger partial charge on any atom is -0.341 e. The lowest BCUT2D eigenvalue weighted by Gasteiger charge is -2.01. The van der Waals surface area contributed by atoms with Crippen molar-refractivity contribution in [3.8, 4) is 0 Å². The maximum atomic E-state index is 10.7. The topological polar surface area (TPSA) is 50.7 Å². The van der Waals surface area contributed by atoms with Crippen molar-refractivity contribution in [2.45, 2.75) is 0 Å². The zero-order valence-corrected chi connectivity index (χ0v) is 7.58. The van der Waals surface area contributed by atoms with Crippen LogP contribution in [0.2, 0.25) is 0 Å². The average Bonchev–Trinajstić information content (AvgIpc) is 2.53. The van der Waals surface area contributed by atoms with Crippen LogP contribution in [0.15, 0.2) is 34.7 Å². The zero-order chi connectivity index (χ0) is 9.10. The summed E-state index contributed by atoms with van der Waals surface area (Å²) in [6.45, 7) is 0.279. The number of nitrogens with one attached hydrogen (secondary N) is 1. The van der Waals surface area contributed by atoms with Crippen LogP contribution >= 0.6 is 0 Å². The highest BCUT2D eigenvalue weighted by atomic mass is 32.2.